The lowest BCUT2D eigenvalue weighted by atomic mass is 10.1. The van der Waals surface area contributed by atoms with Crippen LogP contribution in [0.25, 0.3) is 0 Å². The Morgan fingerprint density at radius 2 is 2.09 bits per heavy atom. The molecule has 0 fully saturated rings. The minimum Gasteiger partial charge on any atom is -0.495 e. The van der Waals surface area contributed by atoms with E-state index in [0.29, 0.717) is 35.9 Å². The molecule has 0 aromatic heterocycles. The molecular weight excluding hydrogens is 294 g/mol. The van der Waals surface area contributed by atoms with Crippen LogP contribution in [0.15, 0.2) is 47.6 Å². The smallest absolute Gasteiger partial charge is 0.302 e. The van der Waals surface area contributed by atoms with Crippen LogP contribution in [-0.4, -0.2) is 31.1 Å². The van der Waals surface area contributed by atoms with Gasteiger partial charge in [-0.2, -0.15) is 5.10 Å². The molecular formula is C17H19N3O3. The zero-order chi connectivity index (χ0) is 16.7. The van der Waals surface area contributed by atoms with Gasteiger partial charge in [0.05, 0.1) is 25.1 Å². The topological polar surface area (TPSA) is 83.8 Å². The van der Waals surface area contributed by atoms with Crippen molar-refractivity contribution in [3.8, 4) is 5.75 Å². The summed E-state index contributed by atoms with van der Waals surface area (Å²) in [5.74, 6) is 0.353. The molecule has 1 aromatic rings. The molecule has 0 bridgehead atoms. The molecule has 0 aliphatic heterocycles. The zero-order valence-corrected chi connectivity index (χ0v) is 13.1. The Morgan fingerprint density at radius 3 is 2.78 bits per heavy atom. The number of carbonyl (C=O) groups excluding carboxylic acids is 1. The number of nitrogens with one attached hydrogen (secondary N) is 2. The summed E-state index contributed by atoms with van der Waals surface area (Å²) in [5, 5.41) is 12.0. The standard InChI is InChI=1S/C17H19N3O3/c1-12(21)23-10-9-13-7-8-17(22-2)16(11-13)20-19-15-6-4-3-5-14(15)18/h3-8,11,18,20H,9-10H2,1-2H3/b18-14?,19-15-. The summed E-state index contributed by atoms with van der Waals surface area (Å²) in [7, 11) is 1.58. The molecule has 0 atom stereocenters. The Labute approximate surface area is 135 Å². The summed E-state index contributed by atoms with van der Waals surface area (Å²) in [4.78, 5) is 10.8. The summed E-state index contributed by atoms with van der Waals surface area (Å²) >= 11 is 0. The van der Waals surface area contributed by atoms with Crippen LogP contribution in [0.1, 0.15) is 12.5 Å². The fraction of sp³-hybridized carbons (Fsp3) is 0.235. The van der Waals surface area contributed by atoms with Gasteiger partial charge in [-0.3, -0.25) is 15.6 Å². The molecule has 2 N–H and O–H groups in total. The molecule has 0 spiro atoms. The number of anilines is 1. The number of carbonyl (C=O) groups is 1. The van der Waals surface area contributed by atoms with Crippen LogP contribution in [0.5, 0.6) is 5.75 Å². The molecule has 1 aliphatic carbocycles. The predicted molar refractivity (Wildman–Crippen MR) is 90.4 cm³/mol. The molecule has 6 heteroatoms. The van der Waals surface area contributed by atoms with Crippen molar-refractivity contribution < 1.29 is 14.3 Å². The highest BCUT2D eigenvalue weighted by atomic mass is 16.5. The molecule has 0 heterocycles. The van der Waals surface area contributed by atoms with Crippen molar-refractivity contribution in [2.45, 2.75) is 13.3 Å². The number of rotatable bonds is 6. The van der Waals surface area contributed by atoms with E-state index in [1.807, 2.05) is 24.3 Å². The van der Waals surface area contributed by atoms with Gasteiger partial charge in [0.25, 0.3) is 0 Å². The third kappa shape index (κ3) is 4.81. The highest BCUT2D eigenvalue weighted by Gasteiger charge is 2.07. The van der Waals surface area contributed by atoms with Gasteiger partial charge in [0, 0.05) is 13.3 Å². The van der Waals surface area contributed by atoms with E-state index in [4.69, 9.17) is 14.9 Å². The molecule has 0 radical (unpaired) electrons. The van der Waals surface area contributed by atoms with Gasteiger partial charge in [-0.05, 0) is 29.8 Å². The first-order valence-corrected chi connectivity index (χ1v) is 7.18. The Kier molecular flexibility index (Phi) is 5.68. The first-order chi connectivity index (χ1) is 11.1. The summed E-state index contributed by atoms with van der Waals surface area (Å²) in [6.07, 6.45) is 7.65. The zero-order valence-electron chi connectivity index (χ0n) is 13.1. The molecule has 0 saturated carbocycles. The van der Waals surface area contributed by atoms with E-state index in [0.717, 1.165) is 5.56 Å². The molecule has 0 unspecified atom stereocenters. The average molecular weight is 313 g/mol. The number of benzene rings is 1. The van der Waals surface area contributed by atoms with Gasteiger partial charge in [0.15, 0.2) is 0 Å². The summed E-state index contributed by atoms with van der Waals surface area (Å²) in [5.41, 5.74) is 5.49. The third-order valence-corrected chi connectivity index (χ3v) is 3.16. The molecule has 120 valence electrons. The van der Waals surface area contributed by atoms with Crippen molar-refractivity contribution in [1.29, 1.82) is 5.41 Å². The van der Waals surface area contributed by atoms with E-state index in [9.17, 15) is 4.79 Å². The molecule has 0 amide bonds. The summed E-state index contributed by atoms with van der Waals surface area (Å²) in [6, 6.07) is 5.62. The lowest BCUT2D eigenvalue weighted by Gasteiger charge is -2.11. The SMILES string of the molecule is COc1ccc(CCOC(C)=O)cc1N/N=C1/C=CC=CC1=N. The number of hydrogen-bond acceptors (Lipinski definition) is 6. The van der Waals surface area contributed by atoms with Gasteiger partial charge in [-0.1, -0.05) is 18.2 Å². The minimum atomic E-state index is -0.293. The highest BCUT2D eigenvalue weighted by Crippen LogP contribution is 2.26. The van der Waals surface area contributed by atoms with Crippen LogP contribution in [0.2, 0.25) is 0 Å². The van der Waals surface area contributed by atoms with Crippen molar-refractivity contribution >= 4 is 23.1 Å². The Bertz CT molecular complexity index is 690. The maximum atomic E-state index is 10.8. The van der Waals surface area contributed by atoms with E-state index < -0.39 is 0 Å². The van der Waals surface area contributed by atoms with Crippen LogP contribution >= 0.6 is 0 Å². The molecule has 1 aliphatic rings. The largest absolute Gasteiger partial charge is 0.495 e. The first-order valence-electron chi connectivity index (χ1n) is 7.18. The maximum Gasteiger partial charge on any atom is 0.302 e. The van der Waals surface area contributed by atoms with E-state index >= 15 is 0 Å². The normalized spacial score (nSPS) is 14.9. The van der Waals surface area contributed by atoms with Gasteiger partial charge in [0.1, 0.15) is 11.5 Å². The second-order valence-corrected chi connectivity index (χ2v) is 4.87. The van der Waals surface area contributed by atoms with Crippen LogP contribution in [0.3, 0.4) is 0 Å². The molecule has 2 rings (SSSR count). The Hall–Kier alpha value is -2.89. The fourth-order valence-electron chi connectivity index (χ4n) is 2.00. The van der Waals surface area contributed by atoms with Crippen LogP contribution < -0.4 is 10.2 Å². The quantitative estimate of drug-likeness (QED) is 0.480. The van der Waals surface area contributed by atoms with E-state index in [2.05, 4.69) is 10.5 Å². The number of ether oxygens (including phenoxy) is 2. The van der Waals surface area contributed by atoms with Crippen molar-refractivity contribution in [3.05, 3.63) is 48.1 Å². The third-order valence-electron chi connectivity index (χ3n) is 3.16. The Balaban J connectivity index is 2.11. The van der Waals surface area contributed by atoms with Crippen molar-refractivity contribution in [3.63, 3.8) is 0 Å². The average Bonchev–Trinajstić information content (AvgIpc) is 2.54. The second-order valence-electron chi connectivity index (χ2n) is 4.87. The van der Waals surface area contributed by atoms with Gasteiger partial charge >= 0.3 is 5.97 Å². The van der Waals surface area contributed by atoms with Crippen molar-refractivity contribution in [2.75, 3.05) is 19.1 Å². The fourth-order valence-corrected chi connectivity index (χ4v) is 2.00. The lowest BCUT2D eigenvalue weighted by Crippen LogP contribution is -2.12. The van der Waals surface area contributed by atoms with Crippen LogP contribution in [0.4, 0.5) is 5.69 Å². The van der Waals surface area contributed by atoms with E-state index in [1.165, 1.54) is 6.92 Å². The number of hydrazone groups is 1. The summed E-state index contributed by atoms with van der Waals surface area (Å²) < 4.78 is 10.3. The van der Waals surface area contributed by atoms with E-state index in [-0.39, 0.29) is 5.97 Å². The monoisotopic (exact) mass is 313 g/mol. The van der Waals surface area contributed by atoms with Gasteiger partial charge in [0.2, 0.25) is 0 Å². The second kappa shape index (κ2) is 7.93. The number of nitrogens with zero attached hydrogens (tertiary/aromatic N) is 1. The predicted octanol–water partition coefficient (Wildman–Crippen LogP) is 2.71. The van der Waals surface area contributed by atoms with Gasteiger partial charge < -0.3 is 9.47 Å². The number of allylic oxidation sites excluding steroid dienone is 4. The number of hydrogen-bond donors (Lipinski definition) is 2. The minimum absolute atomic E-state index is 0.293. The first kappa shape index (κ1) is 16.5. The van der Waals surface area contributed by atoms with Crippen molar-refractivity contribution in [1.82, 2.24) is 0 Å². The van der Waals surface area contributed by atoms with Gasteiger partial charge in [-0.15, -0.1) is 0 Å². The van der Waals surface area contributed by atoms with Crippen molar-refractivity contribution in [2.24, 2.45) is 5.10 Å². The molecule has 0 saturated heterocycles. The molecule has 6 nitrogen and oxygen atoms in total. The number of esters is 1. The molecule has 1 aromatic carbocycles. The van der Waals surface area contributed by atoms with Crippen LogP contribution in [-0.2, 0) is 16.0 Å². The van der Waals surface area contributed by atoms with Crippen LogP contribution in [0, 0.1) is 5.41 Å². The maximum absolute atomic E-state index is 10.8. The molecule has 23 heavy (non-hydrogen) atoms. The Morgan fingerprint density at radius 1 is 1.30 bits per heavy atom. The summed E-state index contributed by atoms with van der Waals surface area (Å²) in [6.45, 7) is 1.71. The van der Waals surface area contributed by atoms with E-state index in [1.54, 1.807) is 25.3 Å². The lowest BCUT2D eigenvalue weighted by molar-refractivity contribution is -0.140. The number of methoxy groups -OCH3 is 1. The van der Waals surface area contributed by atoms with Gasteiger partial charge in [-0.25, -0.2) is 0 Å². The highest BCUT2D eigenvalue weighted by molar-refractivity contribution is 6.50.